The largest absolute Gasteiger partial charge is 0.493 e. The van der Waals surface area contributed by atoms with E-state index in [1.165, 1.54) is 22.5 Å². The Kier molecular flexibility index (Phi) is 6.77. The highest BCUT2D eigenvalue weighted by molar-refractivity contribution is 7.17. The Morgan fingerprint density at radius 3 is 2.41 bits per heavy atom. The van der Waals surface area contributed by atoms with Crippen molar-refractivity contribution in [2.24, 2.45) is 0 Å². The zero-order valence-corrected chi connectivity index (χ0v) is 19.9. The van der Waals surface area contributed by atoms with Gasteiger partial charge in [0.05, 0.1) is 19.9 Å². The second-order valence-electron chi connectivity index (χ2n) is 8.00. The molecule has 4 rings (SSSR count). The molecule has 1 aliphatic heterocycles. The van der Waals surface area contributed by atoms with Gasteiger partial charge in [-0.25, -0.2) is 4.98 Å². The lowest BCUT2D eigenvalue weighted by Gasteiger charge is -2.34. The summed E-state index contributed by atoms with van der Waals surface area (Å²) in [6.45, 7) is 8.19. The standard InChI is InChI=1S/C25H29N3O3S/c1-17-7-5-6-8-20(17)16-27-11-13-28(14-12-27)25(29)23-18(2)26-24(32-23)19-9-10-21(30-3)22(15-19)31-4/h5-10,15H,11-14,16H2,1-4H3. The molecule has 0 radical (unpaired) electrons. The van der Waals surface area contributed by atoms with Crippen molar-refractivity contribution in [1.29, 1.82) is 0 Å². The maximum atomic E-state index is 13.2. The molecule has 2 aromatic carbocycles. The summed E-state index contributed by atoms with van der Waals surface area (Å²) in [6.07, 6.45) is 0. The summed E-state index contributed by atoms with van der Waals surface area (Å²) >= 11 is 1.44. The monoisotopic (exact) mass is 451 g/mol. The lowest BCUT2D eigenvalue weighted by Crippen LogP contribution is -2.48. The number of aryl methyl sites for hydroxylation is 2. The molecule has 1 fully saturated rings. The van der Waals surface area contributed by atoms with Gasteiger partial charge in [-0.05, 0) is 43.2 Å². The molecule has 1 aromatic heterocycles. The van der Waals surface area contributed by atoms with Gasteiger partial charge in [0.25, 0.3) is 5.91 Å². The van der Waals surface area contributed by atoms with Crippen molar-refractivity contribution in [3.8, 4) is 22.1 Å². The topological polar surface area (TPSA) is 54.9 Å². The van der Waals surface area contributed by atoms with Crippen molar-refractivity contribution >= 4 is 17.2 Å². The number of amides is 1. The lowest BCUT2D eigenvalue weighted by molar-refractivity contribution is 0.0632. The zero-order chi connectivity index (χ0) is 22.7. The van der Waals surface area contributed by atoms with Crippen LogP contribution in [0.15, 0.2) is 42.5 Å². The smallest absolute Gasteiger partial charge is 0.265 e. The Hall–Kier alpha value is -2.90. The van der Waals surface area contributed by atoms with E-state index in [0.717, 1.165) is 49.0 Å². The number of methoxy groups -OCH3 is 2. The van der Waals surface area contributed by atoms with Crippen molar-refractivity contribution in [1.82, 2.24) is 14.8 Å². The maximum Gasteiger partial charge on any atom is 0.265 e. The number of rotatable bonds is 6. The number of carbonyl (C=O) groups excluding carboxylic acids is 1. The number of hydrogen-bond donors (Lipinski definition) is 0. The Balaban J connectivity index is 1.43. The number of hydrogen-bond acceptors (Lipinski definition) is 6. The highest BCUT2D eigenvalue weighted by Gasteiger charge is 2.26. The average molecular weight is 452 g/mol. The van der Waals surface area contributed by atoms with Crippen LogP contribution < -0.4 is 9.47 Å². The summed E-state index contributed by atoms with van der Waals surface area (Å²) in [5.74, 6) is 1.39. The van der Waals surface area contributed by atoms with Crippen LogP contribution in [0.3, 0.4) is 0 Å². The van der Waals surface area contributed by atoms with E-state index in [4.69, 9.17) is 9.47 Å². The van der Waals surface area contributed by atoms with Gasteiger partial charge in [0, 0.05) is 38.3 Å². The first kappa shape index (κ1) is 22.3. The van der Waals surface area contributed by atoms with E-state index in [-0.39, 0.29) is 5.91 Å². The molecule has 0 N–H and O–H groups in total. The van der Waals surface area contributed by atoms with Gasteiger partial charge in [0.2, 0.25) is 0 Å². The second kappa shape index (κ2) is 9.71. The van der Waals surface area contributed by atoms with Gasteiger partial charge in [0.1, 0.15) is 9.88 Å². The molecule has 0 saturated carbocycles. The molecule has 3 aromatic rings. The van der Waals surface area contributed by atoms with Crippen LogP contribution in [0.1, 0.15) is 26.5 Å². The summed E-state index contributed by atoms with van der Waals surface area (Å²) < 4.78 is 10.7. The van der Waals surface area contributed by atoms with Gasteiger partial charge in [0.15, 0.2) is 11.5 Å². The van der Waals surface area contributed by atoms with Crippen molar-refractivity contribution in [3.05, 3.63) is 64.2 Å². The Labute approximate surface area is 193 Å². The SMILES string of the molecule is COc1ccc(-c2nc(C)c(C(=O)N3CCN(Cc4ccccc4C)CC3)s2)cc1OC. The van der Waals surface area contributed by atoms with Crippen molar-refractivity contribution < 1.29 is 14.3 Å². The van der Waals surface area contributed by atoms with E-state index in [2.05, 4.69) is 41.1 Å². The van der Waals surface area contributed by atoms with Gasteiger partial charge < -0.3 is 14.4 Å². The molecule has 2 heterocycles. The van der Waals surface area contributed by atoms with Crippen LogP contribution in [-0.2, 0) is 6.54 Å². The number of benzene rings is 2. The summed E-state index contributed by atoms with van der Waals surface area (Å²) in [7, 11) is 3.23. The Morgan fingerprint density at radius 1 is 1.00 bits per heavy atom. The fraction of sp³-hybridized carbons (Fsp3) is 0.360. The summed E-state index contributed by atoms with van der Waals surface area (Å²) in [5.41, 5.74) is 4.35. The third kappa shape index (κ3) is 4.64. The van der Waals surface area contributed by atoms with Crippen LogP contribution in [0.2, 0.25) is 0 Å². The number of aromatic nitrogens is 1. The number of nitrogens with zero attached hydrogens (tertiary/aromatic N) is 3. The summed E-state index contributed by atoms with van der Waals surface area (Å²) in [5, 5.41) is 0.810. The third-order valence-corrected chi connectivity index (χ3v) is 7.13. The molecule has 0 unspecified atom stereocenters. The normalized spacial score (nSPS) is 14.4. The first-order chi connectivity index (χ1) is 15.5. The molecule has 6 nitrogen and oxygen atoms in total. The van der Waals surface area contributed by atoms with Crippen molar-refractivity contribution in [2.75, 3.05) is 40.4 Å². The van der Waals surface area contributed by atoms with Crippen LogP contribution in [-0.4, -0.2) is 61.1 Å². The lowest BCUT2D eigenvalue weighted by atomic mass is 10.1. The van der Waals surface area contributed by atoms with E-state index < -0.39 is 0 Å². The quantitative estimate of drug-likeness (QED) is 0.556. The molecular formula is C25H29N3O3S. The highest BCUT2D eigenvalue weighted by atomic mass is 32.1. The molecule has 1 amide bonds. The predicted molar refractivity (Wildman–Crippen MR) is 128 cm³/mol. The Bertz CT molecular complexity index is 1100. The minimum atomic E-state index is 0.0715. The van der Waals surface area contributed by atoms with Crippen molar-refractivity contribution in [2.45, 2.75) is 20.4 Å². The van der Waals surface area contributed by atoms with E-state index in [0.29, 0.717) is 16.4 Å². The second-order valence-corrected chi connectivity index (χ2v) is 9.00. The maximum absolute atomic E-state index is 13.2. The minimum absolute atomic E-state index is 0.0715. The predicted octanol–water partition coefficient (Wildman–Crippen LogP) is 4.40. The van der Waals surface area contributed by atoms with Crippen LogP contribution in [0.4, 0.5) is 0 Å². The summed E-state index contributed by atoms with van der Waals surface area (Å²) in [6, 6.07) is 14.2. The molecule has 0 spiro atoms. The molecule has 0 atom stereocenters. The van der Waals surface area contributed by atoms with E-state index in [9.17, 15) is 4.79 Å². The fourth-order valence-electron chi connectivity index (χ4n) is 3.97. The van der Waals surface area contributed by atoms with Crippen LogP contribution >= 0.6 is 11.3 Å². The van der Waals surface area contributed by atoms with E-state index in [1.807, 2.05) is 30.0 Å². The average Bonchev–Trinajstić information content (AvgIpc) is 3.21. The summed E-state index contributed by atoms with van der Waals surface area (Å²) in [4.78, 5) is 23.0. The van der Waals surface area contributed by atoms with Crippen molar-refractivity contribution in [3.63, 3.8) is 0 Å². The molecule has 7 heteroatoms. The van der Waals surface area contributed by atoms with Crippen LogP contribution in [0.5, 0.6) is 11.5 Å². The molecule has 1 saturated heterocycles. The van der Waals surface area contributed by atoms with Gasteiger partial charge in [-0.3, -0.25) is 9.69 Å². The fourth-order valence-corrected chi connectivity index (χ4v) is 5.00. The highest BCUT2D eigenvalue weighted by Crippen LogP contribution is 2.35. The number of thiazole rings is 1. The van der Waals surface area contributed by atoms with Gasteiger partial charge >= 0.3 is 0 Å². The molecule has 0 bridgehead atoms. The molecule has 168 valence electrons. The first-order valence-corrected chi connectivity index (χ1v) is 11.6. The Morgan fingerprint density at radius 2 is 1.72 bits per heavy atom. The van der Waals surface area contributed by atoms with Gasteiger partial charge in [-0.15, -0.1) is 11.3 Å². The number of piperazine rings is 1. The first-order valence-electron chi connectivity index (χ1n) is 10.8. The van der Waals surface area contributed by atoms with Gasteiger partial charge in [-0.2, -0.15) is 0 Å². The van der Waals surface area contributed by atoms with E-state index in [1.54, 1.807) is 14.2 Å². The minimum Gasteiger partial charge on any atom is -0.493 e. The number of carbonyl (C=O) groups is 1. The molecule has 32 heavy (non-hydrogen) atoms. The zero-order valence-electron chi connectivity index (χ0n) is 19.1. The van der Waals surface area contributed by atoms with Gasteiger partial charge in [-0.1, -0.05) is 24.3 Å². The van der Waals surface area contributed by atoms with Crippen LogP contribution in [0, 0.1) is 13.8 Å². The third-order valence-electron chi connectivity index (χ3n) is 5.94. The van der Waals surface area contributed by atoms with E-state index >= 15 is 0 Å². The van der Waals surface area contributed by atoms with Crippen LogP contribution in [0.25, 0.3) is 10.6 Å². The molecule has 1 aliphatic rings. The molecule has 0 aliphatic carbocycles. The number of ether oxygens (including phenoxy) is 2. The molecular weight excluding hydrogens is 422 g/mol.